The Morgan fingerprint density at radius 3 is 2.42 bits per heavy atom. The van der Waals surface area contributed by atoms with Crippen molar-refractivity contribution in [3.63, 3.8) is 0 Å². The molecule has 0 N–H and O–H groups in total. The molecule has 2 rings (SSSR count). The molecule has 0 fully saturated rings. The second-order valence-electron chi connectivity index (χ2n) is 2.47. The van der Waals surface area contributed by atoms with Gasteiger partial charge in [-0.25, -0.2) is 0 Å². The van der Waals surface area contributed by atoms with Gasteiger partial charge in [0.25, 0.3) is 0 Å². The van der Waals surface area contributed by atoms with Crippen LogP contribution in [0.3, 0.4) is 0 Å². The number of fused-ring (bicyclic) bond motifs is 1. The Labute approximate surface area is 109 Å². The Hall–Kier alpha value is 0.803. The SMILES string of the molecule is Br.Br.[Zr][C@H]1C=Cc2ccccc21. The molecule has 0 heterocycles. The Bertz CT molecular complexity index is 284. The second kappa shape index (κ2) is 5.52. The third kappa shape index (κ3) is 2.40. The van der Waals surface area contributed by atoms with Crippen LogP contribution in [0.1, 0.15) is 14.8 Å². The van der Waals surface area contributed by atoms with E-state index in [9.17, 15) is 0 Å². The van der Waals surface area contributed by atoms with E-state index in [4.69, 9.17) is 0 Å². The topological polar surface area (TPSA) is 0 Å². The van der Waals surface area contributed by atoms with Gasteiger partial charge in [0.1, 0.15) is 0 Å². The molecule has 0 amide bonds. The van der Waals surface area contributed by atoms with Crippen molar-refractivity contribution < 1.29 is 24.7 Å². The van der Waals surface area contributed by atoms with E-state index in [1.807, 2.05) is 0 Å². The fourth-order valence-electron chi connectivity index (χ4n) is 1.25. The maximum absolute atomic E-state index is 2.28. The molecule has 0 bridgehead atoms. The number of rotatable bonds is 0. The van der Waals surface area contributed by atoms with Gasteiger partial charge in [0, 0.05) is 0 Å². The van der Waals surface area contributed by atoms with Crippen molar-refractivity contribution >= 4 is 40.0 Å². The first kappa shape index (κ1) is 12.8. The van der Waals surface area contributed by atoms with Crippen LogP contribution >= 0.6 is 34.0 Å². The van der Waals surface area contributed by atoms with Gasteiger partial charge in [-0.15, -0.1) is 34.0 Å². The predicted molar refractivity (Wildman–Crippen MR) is 58.9 cm³/mol. The van der Waals surface area contributed by atoms with Gasteiger partial charge in [0.15, 0.2) is 0 Å². The van der Waals surface area contributed by atoms with E-state index in [2.05, 4.69) is 36.4 Å². The molecule has 1 aliphatic rings. The summed E-state index contributed by atoms with van der Waals surface area (Å²) in [6.07, 6.45) is 4.50. The Kier molecular flexibility index (Phi) is 5.88. The van der Waals surface area contributed by atoms with Crippen LogP contribution in [0.2, 0.25) is 0 Å². The molecule has 0 nitrogen and oxygen atoms in total. The van der Waals surface area contributed by atoms with Crippen molar-refractivity contribution in [2.24, 2.45) is 0 Å². The molecular weight excluding hydrogens is 359 g/mol. The third-order valence-electron chi connectivity index (χ3n) is 1.80. The molecule has 1 aromatic rings. The first-order valence-corrected chi connectivity index (χ1v) is 4.78. The molecule has 63 valence electrons. The zero-order valence-electron chi connectivity index (χ0n) is 6.36. The van der Waals surface area contributed by atoms with Crippen molar-refractivity contribution in [1.29, 1.82) is 0 Å². The first-order chi connectivity index (χ1) is 4.88. The van der Waals surface area contributed by atoms with Gasteiger partial charge in [-0.1, -0.05) is 0 Å². The van der Waals surface area contributed by atoms with Gasteiger partial charge in [-0.3, -0.25) is 0 Å². The van der Waals surface area contributed by atoms with E-state index in [0.717, 1.165) is 0 Å². The standard InChI is InChI=1S/C9H7.2BrH.Zr/c1-2-5-9-7-3-6-8(9)4-1;;;/h1-7H;2*1H;. The number of hydrogen-bond acceptors (Lipinski definition) is 0. The van der Waals surface area contributed by atoms with E-state index in [0.29, 0.717) is 3.63 Å². The second-order valence-corrected chi connectivity index (χ2v) is 3.99. The summed E-state index contributed by atoms with van der Waals surface area (Å²) in [7, 11) is 0. The number of halogens is 2. The van der Waals surface area contributed by atoms with Crippen molar-refractivity contribution in [3.8, 4) is 0 Å². The molecule has 1 atom stereocenters. The average molecular weight is 368 g/mol. The van der Waals surface area contributed by atoms with Crippen molar-refractivity contribution in [3.05, 3.63) is 41.5 Å². The van der Waals surface area contributed by atoms with E-state index in [1.165, 1.54) is 11.1 Å². The van der Waals surface area contributed by atoms with Gasteiger partial charge < -0.3 is 0 Å². The van der Waals surface area contributed by atoms with Crippen molar-refractivity contribution in [2.75, 3.05) is 0 Å². The Morgan fingerprint density at radius 2 is 1.75 bits per heavy atom. The molecule has 3 heteroatoms. The molecule has 0 aromatic heterocycles. The third-order valence-corrected chi connectivity index (χ3v) is 3.04. The zero-order valence-corrected chi connectivity index (χ0v) is 12.2. The molecule has 0 aliphatic heterocycles. The van der Waals surface area contributed by atoms with Crippen LogP contribution in [0.15, 0.2) is 30.3 Å². The van der Waals surface area contributed by atoms with Crippen molar-refractivity contribution in [2.45, 2.75) is 3.63 Å². The van der Waals surface area contributed by atoms with Crippen LogP contribution in [-0.2, 0) is 24.7 Å². The molecule has 1 aliphatic carbocycles. The van der Waals surface area contributed by atoms with Crippen LogP contribution in [0.4, 0.5) is 0 Å². The summed E-state index contributed by atoms with van der Waals surface area (Å²) in [4.78, 5) is 0. The van der Waals surface area contributed by atoms with Gasteiger partial charge in [0.05, 0.1) is 0 Å². The summed E-state index contributed by atoms with van der Waals surface area (Å²) in [5.74, 6) is 0. The van der Waals surface area contributed by atoms with E-state index >= 15 is 0 Å². The van der Waals surface area contributed by atoms with Gasteiger partial charge >= 0.3 is 75.9 Å². The molecule has 0 saturated heterocycles. The molecule has 0 unspecified atom stereocenters. The fourth-order valence-corrected chi connectivity index (χ4v) is 2.13. The van der Waals surface area contributed by atoms with Gasteiger partial charge in [-0.05, 0) is 0 Å². The molecule has 1 aromatic carbocycles. The monoisotopic (exact) mass is 365 g/mol. The van der Waals surface area contributed by atoms with Crippen LogP contribution in [-0.4, -0.2) is 0 Å². The quantitative estimate of drug-likeness (QED) is 0.658. The van der Waals surface area contributed by atoms with Gasteiger partial charge in [-0.2, -0.15) is 0 Å². The normalized spacial score (nSPS) is 17.4. The van der Waals surface area contributed by atoms with Crippen LogP contribution < -0.4 is 0 Å². The number of allylic oxidation sites excluding steroid dienone is 1. The summed E-state index contributed by atoms with van der Waals surface area (Å²) < 4.78 is 0.711. The van der Waals surface area contributed by atoms with Crippen LogP contribution in [0.5, 0.6) is 0 Å². The minimum absolute atomic E-state index is 0. The van der Waals surface area contributed by atoms with Crippen LogP contribution in [0, 0.1) is 0 Å². The zero-order chi connectivity index (χ0) is 6.97. The molecular formula is C9H9Br2Zr. The molecule has 0 spiro atoms. The van der Waals surface area contributed by atoms with Crippen molar-refractivity contribution in [1.82, 2.24) is 0 Å². The summed E-state index contributed by atoms with van der Waals surface area (Å²) >= 11 is 1.59. The van der Waals surface area contributed by atoms with E-state index in [-0.39, 0.29) is 34.0 Å². The molecule has 0 saturated carbocycles. The summed E-state index contributed by atoms with van der Waals surface area (Å²) in [5.41, 5.74) is 2.91. The number of hydrogen-bond donors (Lipinski definition) is 0. The minimum atomic E-state index is 0. The predicted octanol–water partition coefficient (Wildman–Crippen LogP) is 3.46. The summed E-state index contributed by atoms with van der Waals surface area (Å²) in [5, 5.41) is 0. The molecule has 12 heavy (non-hydrogen) atoms. The average Bonchev–Trinajstić information content (AvgIpc) is 2.34. The summed E-state index contributed by atoms with van der Waals surface area (Å²) in [6, 6.07) is 8.60. The first-order valence-electron chi connectivity index (χ1n) is 3.36. The van der Waals surface area contributed by atoms with E-state index in [1.54, 1.807) is 24.7 Å². The summed E-state index contributed by atoms with van der Waals surface area (Å²) in [6.45, 7) is 0. The fraction of sp³-hybridized carbons (Fsp3) is 0.111. The number of benzene rings is 1. The maximum atomic E-state index is 2.28. The van der Waals surface area contributed by atoms with E-state index < -0.39 is 0 Å². The van der Waals surface area contributed by atoms with Crippen LogP contribution in [0.25, 0.3) is 6.08 Å². The van der Waals surface area contributed by atoms with Gasteiger partial charge in [0.2, 0.25) is 0 Å². The Morgan fingerprint density at radius 1 is 1.08 bits per heavy atom. The molecule has 0 radical (unpaired) electrons. The Balaban J connectivity index is 0.000000605.